The lowest BCUT2D eigenvalue weighted by atomic mass is 9.96. The molecular weight excluding hydrogens is 598 g/mol. The van der Waals surface area contributed by atoms with Gasteiger partial charge in [0.15, 0.2) is 5.78 Å². The second-order valence-corrected chi connectivity index (χ2v) is 11.7. The Labute approximate surface area is 263 Å². The van der Waals surface area contributed by atoms with E-state index in [9.17, 15) is 18.8 Å². The van der Waals surface area contributed by atoms with Gasteiger partial charge in [-0.2, -0.15) is 0 Å². The van der Waals surface area contributed by atoms with Gasteiger partial charge in [0.1, 0.15) is 17.8 Å². The van der Waals surface area contributed by atoms with Crippen molar-refractivity contribution < 1.29 is 23.2 Å². The molecule has 3 aromatic carbocycles. The van der Waals surface area contributed by atoms with Gasteiger partial charge in [-0.15, -0.1) is 0 Å². The normalized spacial score (nSPS) is 16.3. The predicted octanol–water partition coefficient (Wildman–Crippen LogP) is 6.82. The van der Waals surface area contributed by atoms with E-state index in [1.54, 1.807) is 61.9 Å². The second-order valence-electron chi connectivity index (χ2n) is 11.3. The molecule has 1 saturated heterocycles. The molecule has 5 aromatic rings. The highest BCUT2D eigenvalue weighted by Gasteiger charge is 2.39. The molecule has 6 rings (SSSR count). The van der Waals surface area contributed by atoms with Gasteiger partial charge in [-0.1, -0.05) is 60.1 Å². The fourth-order valence-corrected chi connectivity index (χ4v) is 6.20. The molecule has 0 aliphatic carbocycles. The fourth-order valence-electron chi connectivity index (χ4n) is 5.96. The molecule has 1 aliphatic heterocycles. The first kappa shape index (κ1) is 30.3. The first-order valence-corrected chi connectivity index (χ1v) is 14.9. The Kier molecular flexibility index (Phi) is 8.29. The molecule has 1 amide bonds. The maximum absolute atomic E-state index is 15.6. The number of aryl methyl sites for hydroxylation is 1. The average Bonchev–Trinajstić information content (AvgIpc) is 3.59. The largest absolute Gasteiger partial charge is 0.329 e. The minimum Gasteiger partial charge on any atom is -0.329 e. The van der Waals surface area contributed by atoms with Crippen LogP contribution in [0.15, 0.2) is 79.3 Å². The van der Waals surface area contributed by atoms with Crippen molar-refractivity contribution in [1.82, 2.24) is 19.4 Å². The lowest BCUT2D eigenvalue weighted by Gasteiger charge is -2.23. The van der Waals surface area contributed by atoms with Crippen LogP contribution in [0.25, 0.3) is 33.2 Å². The van der Waals surface area contributed by atoms with Gasteiger partial charge in [0.2, 0.25) is 11.8 Å². The van der Waals surface area contributed by atoms with E-state index in [0.717, 1.165) is 11.1 Å². The lowest BCUT2D eigenvalue weighted by Crippen LogP contribution is -2.42. The summed E-state index contributed by atoms with van der Waals surface area (Å²) in [6.45, 7) is 2.98. The summed E-state index contributed by atoms with van der Waals surface area (Å²) in [6.07, 6.45) is 3.01. The number of halogens is 3. The number of likely N-dealkylation sites (tertiary alicyclic amines) is 1. The zero-order chi connectivity index (χ0) is 31.8. The van der Waals surface area contributed by atoms with Crippen molar-refractivity contribution in [1.29, 1.82) is 0 Å². The molecular formula is C35H29ClF2N4O3. The summed E-state index contributed by atoms with van der Waals surface area (Å²) in [5, 5.41) is 1.06. The molecule has 0 bridgehead atoms. The van der Waals surface area contributed by atoms with Gasteiger partial charge in [0, 0.05) is 65.5 Å². The second kappa shape index (κ2) is 12.3. The molecule has 7 nitrogen and oxygen atoms in total. The van der Waals surface area contributed by atoms with E-state index in [4.69, 9.17) is 11.6 Å². The van der Waals surface area contributed by atoms with Crippen LogP contribution in [0.3, 0.4) is 0 Å². The quantitative estimate of drug-likeness (QED) is 0.198. The van der Waals surface area contributed by atoms with Crippen molar-refractivity contribution in [2.75, 3.05) is 6.54 Å². The Morgan fingerprint density at radius 3 is 2.40 bits per heavy atom. The summed E-state index contributed by atoms with van der Waals surface area (Å²) in [7, 11) is 0. The van der Waals surface area contributed by atoms with Crippen molar-refractivity contribution in [3.63, 3.8) is 0 Å². The monoisotopic (exact) mass is 626 g/mol. The van der Waals surface area contributed by atoms with Crippen molar-refractivity contribution in [3.05, 3.63) is 107 Å². The summed E-state index contributed by atoms with van der Waals surface area (Å²) >= 11 is 6.28. The lowest BCUT2D eigenvalue weighted by molar-refractivity contribution is -0.136. The van der Waals surface area contributed by atoms with Crippen molar-refractivity contribution in [3.8, 4) is 22.3 Å². The summed E-state index contributed by atoms with van der Waals surface area (Å²) in [4.78, 5) is 49.4. The Balaban J connectivity index is 1.25. The summed E-state index contributed by atoms with van der Waals surface area (Å²) in [6, 6.07) is 16.1. The number of Topliss-reactive ketones (excluding diaryl/α,β-unsaturated/α-hetero) is 1. The van der Waals surface area contributed by atoms with Gasteiger partial charge in [0.05, 0.1) is 24.5 Å². The van der Waals surface area contributed by atoms with Gasteiger partial charge in [0.25, 0.3) is 0 Å². The van der Waals surface area contributed by atoms with Gasteiger partial charge < -0.3 is 4.90 Å². The number of amides is 1. The third-order valence-electron chi connectivity index (χ3n) is 8.23. The minimum atomic E-state index is -1.39. The van der Waals surface area contributed by atoms with E-state index in [0.29, 0.717) is 32.9 Å². The van der Waals surface area contributed by atoms with E-state index in [1.807, 2.05) is 18.2 Å². The first-order chi connectivity index (χ1) is 21.6. The van der Waals surface area contributed by atoms with Gasteiger partial charge >= 0.3 is 0 Å². The van der Waals surface area contributed by atoms with E-state index in [1.165, 1.54) is 22.5 Å². The number of carbonyl (C=O) groups is 3. The minimum absolute atomic E-state index is 0.142. The Hall–Kier alpha value is -4.76. The first-order valence-electron chi connectivity index (χ1n) is 14.5. The molecule has 0 saturated carbocycles. The van der Waals surface area contributed by atoms with Crippen LogP contribution in [0.2, 0.25) is 5.02 Å². The highest BCUT2D eigenvalue weighted by atomic mass is 35.5. The Morgan fingerprint density at radius 1 is 0.933 bits per heavy atom. The van der Waals surface area contributed by atoms with Crippen LogP contribution in [0.1, 0.15) is 35.1 Å². The molecule has 1 fully saturated rings. The number of hydrogen-bond donors (Lipinski definition) is 0. The predicted molar refractivity (Wildman–Crippen MR) is 168 cm³/mol. The summed E-state index contributed by atoms with van der Waals surface area (Å²) < 4.78 is 31.8. The molecule has 0 spiro atoms. The molecule has 228 valence electrons. The van der Waals surface area contributed by atoms with E-state index < -0.39 is 29.7 Å². The topological polar surface area (TPSA) is 85.2 Å². The molecule has 0 radical (unpaired) electrons. The zero-order valence-electron chi connectivity index (χ0n) is 24.6. The van der Waals surface area contributed by atoms with Crippen molar-refractivity contribution >= 4 is 40.1 Å². The smallest absolute Gasteiger partial charge is 0.227 e. The van der Waals surface area contributed by atoms with Gasteiger partial charge in [-0.3, -0.25) is 19.0 Å². The van der Waals surface area contributed by atoms with Crippen LogP contribution in [0, 0.1) is 12.7 Å². The molecule has 0 unspecified atom stereocenters. The number of fused-ring (bicyclic) bond motifs is 1. The Morgan fingerprint density at radius 2 is 1.67 bits per heavy atom. The van der Waals surface area contributed by atoms with Crippen LogP contribution in [-0.2, 0) is 22.4 Å². The molecule has 2 aromatic heterocycles. The van der Waals surface area contributed by atoms with Crippen molar-refractivity contribution in [2.45, 2.75) is 45.3 Å². The fraction of sp³-hybridized carbons (Fsp3) is 0.229. The maximum Gasteiger partial charge on any atom is 0.227 e. The molecule has 3 heterocycles. The zero-order valence-corrected chi connectivity index (χ0v) is 25.4. The standard InChI is InChI=1S/C35H29ClF2N4O3/c1-20-39-16-25(17-40-20)22-10-11-27-24(18-41(21(2)43)31(27)12-22)14-34(45)42-19-26(37)15-32(42)33(44)13-23-6-5-8-29(35(23)38)28-7-3-4-9-30(28)36/h3-12,16-18,26,32H,13-15,19H2,1-2H3/t26-,32+/m1/s1. The summed E-state index contributed by atoms with van der Waals surface area (Å²) in [5.41, 5.74) is 3.66. The van der Waals surface area contributed by atoms with E-state index in [2.05, 4.69) is 9.97 Å². The number of carbonyl (C=O) groups excluding carboxylic acids is 3. The maximum atomic E-state index is 15.6. The Bertz CT molecular complexity index is 1960. The van der Waals surface area contributed by atoms with Crippen LogP contribution in [0.4, 0.5) is 8.78 Å². The number of ketones is 1. The number of benzene rings is 3. The molecule has 1 aliphatic rings. The molecule has 10 heteroatoms. The number of aromatic nitrogens is 3. The van der Waals surface area contributed by atoms with Crippen LogP contribution < -0.4 is 0 Å². The SMILES string of the molecule is CC(=O)n1cc(CC(=O)N2C[C@H](F)C[C@H]2C(=O)Cc2cccc(-c3ccccc3Cl)c2F)c2ccc(-c3cnc(C)nc3)cc21. The van der Waals surface area contributed by atoms with Crippen molar-refractivity contribution in [2.24, 2.45) is 0 Å². The molecule has 2 atom stereocenters. The highest BCUT2D eigenvalue weighted by molar-refractivity contribution is 6.33. The number of alkyl halides is 1. The average molecular weight is 627 g/mol. The highest BCUT2D eigenvalue weighted by Crippen LogP contribution is 2.33. The van der Waals surface area contributed by atoms with Gasteiger partial charge in [-0.25, -0.2) is 18.7 Å². The third kappa shape index (κ3) is 6.00. The number of nitrogens with zero attached hydrogens (tertiary/aromatic N) is 4. The summed E-state index contributed by atoms with van der Waals surface area (Å²) in [5.74, 6) is -1.08. The van der Waals surface area contributed by atoms with E-state index >= 15 is 4.39 Å². The van der Waals surface area contributed by atoms with Gasteiger partial charge in [-0.05, 0) is 35.7 Å². The van der Waals surface area contributed by atoms with Crippen LogP contribution in [-0.4, -0.2) is 55.8 Å². The molecule has 0 N–H and O–H groups in total. The van der Waals surface area contributed by atoms with Crippen LogP contribution >= 0.6 is 11.6 Å². The third-order valence-corrected chi connectivity index (χ3v) is 8.56. The number of hydrogen-bond acceptors (Lipinski definition) is 5. The van der Waals surface area contributed by atoms with E-state index in [-0.39, 0.29) is 42.8 Å². The number of rotatable bonds is 7. The molecule has 45 heavy (non-hydrogen) atoms. The van der Waals surface area contributed by atoms with Crippen LogP contribution in [0.5, 0.6) is 0 Å².